The van der Waals surface area contributed by atoms with Crippen molar-refractivity contribution in [2.75, 3.05) is 0 Å². The van der Waals surface area contributed by atoms with Gasteiger partial charge < -0.3 is 14.7 Å². The minimum absolute atomic E-state index is 0.0719. The second-order valence-electron chi connectivity index (χ2n) is 7.41. The van der Waals surface area contributed by atoms with E-state index in [-0.39, 0.29) is 33.2 Å². The molecule has 2 heterocycles. The second-order valence-corrected chi connectivity index (χ2v) is 7.41. The average molecular weight is 462 g/mol. The number of carboxylic acid groups (broad SMARTS) is 1. The van der Waals surface area contributed by atoms with E-state index in [2.05, 4.69) is 4.98 Å². The minimum Gasteiger partial charge on any atom is -0.477 e. The Kier molecular flexibility index (Phi) is 5.52. The molecule has 0 spiro atoms. The van der Waals surface area contributed by atoms with Gasteiger partial charge in [-0.2, -0.15) is 13.2 Å². The van der Waals surface area contributed by atoms with Crippen LogP contribution < -0.4 is 5.56 Å². The van der Waals surface area contributed by atoms with E-state index in [1.54, 1.807) is 0 Å². The van der Waals surface area contributed by atoms with Crippen LogP contribution in [0.4, 0.5) is 22.0 Å². The number of hydrogen-bond acceptors (Lipinski definition) is 2. The highest BCUT2D eigenvalue weighted by atomic mass is 19.4. The van der Waals surface area contributed by atoms with Crippen molar-refractivity contribution in [3.63, 3.8) is 0 Å². The van der Waals surface area contributed by atoms with Crippen molar-refractivity contribution in [2.45, 2.75) is 19.1 Å². The zero-order valence-corrected chi connectivity index (χ0v) is 16.7. The minimum atomic E-state index is -4.51. The van der Waals surface area contributed by atoms with Crippen LogP contribution in [0.15, 0.2) is 59.5 Å². The molecule has 4 rings (SSSR count). The molecule has 0 saturated carbocycles. The molecule has 0 bridgehead atoms. The van der Waals surface area contributed by atoms with E-state index in [1.807, 2.05) is 0 Å². The van der Waals surface area contributed by atoms with Gasteiger partial charge in [0.25, 0.3) is 5.56 Å². The van der Waals surface area contributed by atoms with Gasteiger partial charge in [-0.05, 0) is 48.0 Å². The molecule has 2 aromatic carbocycles. The summed E-state index contributed by atoms with van der Waals surface area (Å²) in [6, 6.07) is 9.10. The van der Waals surface area contributed by atoms with Crippen molar-refractivity contribution in [1.29, 1.82) is 0 Å². The van der Waals surface area contributed by atoms with E-state index in [0.717, 1.165) is 28.8 Å². The molecule has 2 N–H and O–H groups in total. The fourth-order valence-corrected chi connectivity index (χ4v) is 3.86. The number of nitrogens with zero attached hydrogens (tertiary/aromatic N) is 1. The molecule has 0 aliphatic carbocycles. The molecule has 0 radical (unpaired) electrons. The number of aromatic amines is 1. The normalized spacial score (nSPS) is 11.8. The predicted octanol–water partition coefficient (Wildman–Crippen LogP) is 5.13. The molecule has 0 fully saturated rings. The van der Waals surface area contributed by atoms with Crippen LogP contribution in [0.3, 0.4) is 0 Å². The number of fused-ring (bicyclic) bond motifs is 1. The number of nitrogens with one attached hydrogen (secondary N) is 1. The van der Waals surface area contributed by atoms with Crippen molar-refractivity contribution in [1.82, 2.24) is 9.55 Å². The first-order valence-corrected chi connectivity index (χ1v) is 9.62. The summed E-state index contributed by atoms with van der Waals surface area (Å²) in [4.78, 5) is 27.2. The van der Waals surface area contributed by atoms with Crippen LogP contribution >= 0.6 is 0 Å². The number of carbonyl (C=O) groups is 1. The molecule has 0 aliphatic heterocycles. The highest BCUT2D eigenvalue weighted by Gasteiger charge is 2.30. The fourth-order valence-electron chi connectivity index (χ4n) is 3.86. The predicted molar refractivity (Wildman–Crippen MR) is 110 cm³/mol. The lowest BCUT2D eigenvalue weighted by Crippen LogP contribution is -2.14. The summed E-state index contributed by atoms with van der Waals surface area (Å²) in [6.07, 6.45) is -4.46. The Bertz CT molecular complexity index is 1440. The maximum Gasteiger partial charge on any atom is 0.393 e. The molecule has 0 saturated heterocycles. The van der Waals surface area contributed by atoms with Gasteiger partial charge in [0.2, 0.25) is 0 Å². The highest BCUT2D eigenvalue weighted by molar-refractivity contribution is 6.08. The summed E-state index contributed by atoms with van der Waals surface area (Å²) < 4.78 is 68.1. The molecule has 0 amide bonds. The fraction of sp³-hybridized carbons (Fsp3) is 0.130. The van der Waals surface area contributed by atoms with Crippen LogP contribution in [-0.4, -0.2) is 26.8 Å². The van der Waals surface area contributed by atoms with E-state index in [9.17, 15) is 36.6 Å². The lowest BCUT2D eigenvalue weighted by molar-refractivity contribution is -0.127. The Hall–Kier alpha value is -3.95. The first-order valence-electron chi connectivity index (χ1n) is 9.62. The Morgan fingerprint density at radius 3 is 2.48 bits per heavy atom. The number of alkyl halides is 3. The van der Waals surface area contributed by atoms with Gasteiger partial charge in [0.05, 0.1) is 13.0 Å². The van der Waals surface area contributed by atoms with E-state index in [0.29, 0.717) is 0 Å². The molecule has 0 atom stereocenters. The topological polar surface area (TPSA) is 75.1 Å². The van der Waals surface area contributed by atoms with Gasteiger partial charge in [0.15, 0.2) is 0 Å². The maximum atomic E-state index is 14.3. The first-order chi connectivity index (χ1) is 15.5. The number of aromatic carboxylic acids is 1. The molecule has 5 nitrogen and oxygen atoms in total. The first kappa shape index (κ1) is 22.3. The van der Waals surface area contributed by atoms with Gasteiger partial charge in [-0.1, -0.05) is 6.07 Å². The summed E-state index contributed by atoms with van der Waals surface area (Å²) in [5, 5.41) is 10.0. The molecular weight excluding hydrogens is 447 g/mol. The van der Waals surface area contributed by atoms with Gasteiger partial charge in [0.1, 0.15) is 17.3 Å². The standard InChI is InChI=1S/C23H15F5N2O3/c24-14-4-5-17(25)13(9-14)11-30-18-6-3-12(10-23(26,27)28)8-16(18)19(20(30)22(32)33)15-2-1-7-29-21(15)31/h1-9H,10-11H2,(H,29,31)(H,32,33). The van der Waals surface area contributed by atoms with Gasteiger partial charge in [-0.3, -0.25) is 4.79 Å². The van der Waals surface area contributed by atoms with Crippen LogP contribution in [0.5, 0.6) is 0 Å². The summed E-state index contributed by atoms with van der Waals surface area (Å²) in [5.41, 5.74) is -1.44. The molecule has 0 unspecified atom stereocenters. The monoisotopic (exact) mass is 462 g/mol. The van der Waals surface area contributed by atoms with Crippen molar-refractivity contribution in [3.05, 3.63) is 93.5 Å². The molecule has 2 aromatic heterocycles. The molecule has 10 heteroatoms. The maximum absolute atomic E-state index is 14.3. The van der Waals surface area contributed by atoms with Crippen molar-refractivity contribution in [3.8, 4) is 11.1 Å². The van der Waals surface area contributed by atoms with Gasteiger partial charge in [-0.25, -0.2) is 13.6 Å². The lowest BCUT2D eigenvalue weighted by atomic mass is 10.0. The Labute approximate surface area is 182 Å². The van der Waals surface area contributed by atoms with Crippen molar-refractivity contribution < 1.29 is 31.9 Å². The number of H-pyrrole nitrogens is 1. The van der Waals surface area contributed by atoms with Crippen LogP contribution in [0.2, 0.25) is 0 Å². The number of aromatic nitrogens is 2. The van der Waals surface area contributed by atoms with Crippen molar-refractivity contribution >= 4 is 16.9 Å². The number of carboxylic acids is 1. The Morgan fingerprint density at radius 1 is 1.06 bits per heavy atom. The SMILES string of the molecule is O=C(O)c1c(-c2ccc[nH]c2=O)c2cc(CC(F)(F)F)ccc2n1Cc1cc(F)ccc1F. The number of hydrogen-bond donors (Lipinski definition) is 2. The van der Waals surface area contributed by atoms with Crippen LogP contribution in [0.1, 0.15) is 21.6 Å². The van der Waals surface area contributed by atoms with E-state index < -0.39 is 48.0 Å². The second kappa shape index (κ2) is 8.19. The zero-order valence-electron chi connectivity index (χ0n) is 16.7. The number of pyridine rings is 1. The lowest BCUT2D eigenvalue weighted by Gasteiger charge is -2.11. The van der Waals surface area contributed by atoms with Crippen LogP contribution in [0.25, 0.3) is 22.0 Å². The molecule has 33 heavy (non-hydrogen) atoms. The third-order valence-corrected chi connectivity index (χ3v) is 5.16. The van der Waals surface area contributed by atoms with Gasteiger partial charge in [0, 0.05) is 33.8 Å². The smallest absolute Gasteiger partial charge is 0.393 e. The summed E-state index contributed by atoms with van der Waals surface area (Å²) in [7, 11) is 0. The Balaban J connectivity index is 2.06. The third kappa shape index (κ3) is 4.36. The number of halogens is 5. The van der Waals surface area contributed by atoms with E-state index in [4.69, 9.17) is 0 Å². The van der Waals surface area contributed by atoms with Gasteiger partial charge >= 0.3 is 12.1 Å². The largest absolute Gasteiger partial charge is 0.477 e. The molecule has 0 aliphatic rings. The average Bonchev–Trinajstić information content (AvgIpc) is 3.03. The molecular formula is C23H15F5N2O3. The van der Waals surface area contributed by atoms with Gasteiger partial charge in [-0.15, -0.1) is 0 Å². The summed E-state index contributed by atoms with van der Waals surface area (Å²) in [6.45, 7) is -0.426. The van der Waals surface area contributed by atoms with E-state index in [1.165, 1.54) is 30.5 Å². The van der Waals surface area contributed by atoms with Crippen LogP contribution in [0, 0.1) is 11.6 Å². The zero-order chi connectivity index (χ0) is 23.9. The number of rotatable bonds is 5. The van der Waals surface area contributed by atoms with Crippen LogP contribution in [-0.2, 0) is 13.0 Å². The molecule has 4 aromatic rings. The summed E-state index contributed by atoms with van der Waals surface area (Å²) >= 11 is 0. The Morgan fingerprint density at radius 2 is 1.82 bits per heavy atom. The van der Waals surface area contributed by atoms with E-state index >= 15 is 0 Å². The molecule has 170 valence electrons. The highest BCUT2D eigenvalue weighted by Crippen LogP contribution is 2.36. The quantitative estimate of drug-likeness (QED) is 0.404. The third-order valence-electron chi connectivity index (χ3n) is 5.16. The van der Waals surface area contributed by atoms with Crippen molar-refractivity contribution in [2.24, 2.45) is 0 Å². The number of benzene rings is 2. The summed E-state index contributed by atoms with van der Waals surface area (Å²) in [5.74, 6) is -3.02.